The molecule has 8 heterocycles. The molecule has 5 aliphatic rings. The quantitative estimate of drug-likeness (QED) is 0.206. The van der Waals surface area contributed by atoms with E-state index in [0.29, 0.717) is 58.5 Å². The second kappa shape index (κ2) is 13.8. The maximum atomic E-state index is 17.8. The molecule has 1 aromatic carbocycles. The van der Waals surface area contributed by atoms with E-state index in [-0.39, 0.29) is 71.3 Å². The molecule has 4 fully saturated rings. The standard InChI is InChI=1S/C41H46F2N8O6S/c1-39(2,3)56-37(52)48-35-24(14-44)28-27(58-35)8-10-45-32(28)29-25-18-54-19-26(25)30-33(31(29)43)46-36(55-20-41-9-7-11-50(41)15-21(42)13-41)47-34(30)51-22-12-23(51)17-49(16-22)38(53)57-40(4,5)6/h8,10,21-23H,7,9,11-13,15-20H2,1-6H3,(H,48,52)/t21?,22?,23?,41-/m0/s1. The number of likely N-dealkylation sites (tertiary alicyclic amines) is 1. The van der Waals surface area contributed by atoms with Crippen molar-refractivity contribution in [2.24, 2.45) is 0 Å². The zero-order valence-electron chi connectivity index (χ0n) is 33.4. The molecule has 4 aromatic rings. The van der Waals surface area contributed by atoms with Gasteiger partial charge < -0.3 is 28.7 Å². The number of halogens is 2. The average molecular weight is 817 g/mol. The van der Waals surface area contributed by atoms with Gasteiger partial charge in [-0.25, -0.2) is 18.4 Å². The molecule has 0 saturated carbocycles. The van der Waals surface area contributed by atoms with Crippen LogP contribution in [0.15, 0.2) is 12.3 Å². The summed E-state index contributed by atoms with van der Waals surface area (Å²) < 4.78 is 56.7. The number of pyridine rings is 1. The second-order valence-electron chi connectivity index (χ2n) is 18.0. The van der Waals surface area contributed by atoms with Gasteiger partial charge >= 0.3 is 18.2 Å². The number of nitrogens with zero attached hydrogens (tertiary/aromatic N) is 7. The van der Waals surface area contributed by atoms with Gasteiger partial charge in [-0.3, -0.25) is 15.2 Å². The first kappa shape index (κ1) is 38.6. The van der Waals surface area contributed by atoms with E-state index in [2.05, 4.69) is 26.2 Å². The SMILES string of the molecule is CC(C)(C)OC(=O)Nc1sc2ccnc(-c3c4c(c5c(N6C7CC6CN(C(=O)OC(C)(C)C)C7)nc(OC[C@@]67CCCN6CC(F)C7)nc5c3F)COC4)c2c1C#N. The van der Waals surface area contributed by atoms with Crippen LogP contribution in [0, 0.1) is 17.1 Å². The van der Waals surface area contributed by atoms with Gasteiger partial charge in [0.2, 0.25) is 0 Å². The van der Waals surface area contributed by atoms with Crippen LogP contribution in [0.5, 0.6) is 6.01 Å². The van der Waals surface area contributed by atoms with E-state index < -0.39 is 34.8 Å². The third-order valence-electron chi connectivity index (χ3n) is 11.6. The van der Waals surface area contributed by atoms with Crippen molar-refractivity contribution in [3.05, 3.63) is 34.8 Å². The zero-order valence-corrected chi connectivity index (χ0v) is 34.2. The summed E-state index contributed by atoms with van der Waals surface area (Å²) in [6.07, 6.45) is 2.32. The average Bonchev–Trinajstić information content (AvgIpc) is 3.91. The van der Waals surface area contributed by atoms with E-state index in [1.165, 1.54) is 11.3 Å². The first-order chi connectivity index (χ1) is 27.5. The number of hydrogen-bond donors (Lipinski definition) is 1. The van der Waals surface area contributed by atoms with Crippen molar-refractivity contribution in [3.63, 3.8) is 0 Å². The highest BCUT2D eigenvalue weighted by atomic mass is 32.1. The number of thiophene rings is 1. The Balaban J connectivity index is 1.17. The lowest BCUT2D eigenvalue weighted by Gasteiger charge is -2.56. The van der Waals surface area contributed by atoms with E-state index in [1.54, 1.807) is 37.9 Å². The first-order valence-corrected chi connectivity index (χ1v) is 20.6. The molecular weight excluding hydrogens is 771 g/mol. The number of nitriles is 1. The minimum atomic E-state index is -0.960. The van der Waals surface area contributed by atoms with Crippen LogP contribution >= 0.6 is 11.3 Å². The van der Waals surface area contributed by atoms with Crippen LogP contribution in [0.4, 0.5) is 29.2 Å². The number of fused-ring (bicyclic) bond motifs is 7. The van der Waals surface area contributed by atoms with Crippen molar-refractivity contribution in [1.82, 2.24) is 24.8 Å². The van der Waals surface area contributed by atoms with Gasteiger partial charge in [-0.15, -0.1) is 11.3 Å². The molecule has 14 nitrogen and oxygen atoms in total. The molecule has 0 spiro atoms. The van der Waals surface area contributed by atoms with Crippen molar-refractivity contribution in [2.45, 2.75) is 115 Å². The Hall–Kier alpha value is -4.92. The van der Waals surface area contributed by atoms with Gasteiger partial charge in [-0.1, -0.05) is 0 Å². The molecule has 0 radical (unpaired) electrons. The van der Waals surface area contributed by atoms with Gasteiger partial charge in [0.15, 0.2) is 5.82 Å². The minimum Gasteiger partial charge on any atom is -0.461 e. The highest BCUT2D eigenvalue weighted by Crippen LogP contribution is 2.49. The van der Waals surface area contributed by atoms with Crippen LogP contribution in [0.25, 0.3) is 32.2 Å². The topological polar surface area (TPSA) is 155 Å². The Morgan fingerprint density at radius 2 is 1.81 bits per heavy atom. The van der Waals surface area contributed by atoms with Crippen LogP contribution in [0.1, 0.15) is 83.9 Å². The highest BCUT2D eigenvalue weighted by molar-refractivity contribution is 7.23. The molecule has 4 atom stereocenters. The summed E-state index contributed by atoms with van der Waals surface area (Å²) in [6.45, 7) is 13.0. The van der Waals surface area contributed by atoms with Gasteiger partial charge in [0.05, 0.1) is 47.5 Å². The number of carbonyl (C=O) groups is 2. The Morgan fingerprint density at radius 3 is 2.53 bits per heavy atom. The van der Waals surface area contributed by atoms with Crippen molar-refractivity contribution in [3.8, 4) is 23.3 Å². The van der Waals surface area contributed by atoms with Crippen molar-refractivity contribution < 1.29 is 37.3 Å². The summed E-state index contributed by atoms with van der Waals surface area (Å²) in [7, 11) is 0. The van der Waals surface area contributed by atoms with E-state index in [9.17, 15) is 19.2 Å². The molecule has 3 aromatic heterocycles. The number of alkyl halides is 1. The molecule has 3 unspecified atom stereocenters. The highest BCUT2D eigenvalue weighted by Gasteiger charge is 2.51. The van der Waals surface area contributed by atoms with Crippen molar-refractivity contribution in [1.29, 1.82) is 5.26 Å². The molecule has 9 rings (SSSR count). The Kier molecular flexibility index (Phi) is 9.21. The number of anilines is 2. The number of aromatic nitrogens is 3. The lowest BCUT2D eigenvalue weighted by atomic mass is 9.86. The van der Waals surface area contributed by atoms with Gasteiger partial charge in [-0.05, 0) is 84.5 Å². The summed E-state index contributed by atoms with van der Waals surface area (Å²) >= 11 is 1.17. The third kappa shape index (κ3) is 6.62. The van der Waals surface area contributed by atoms with E-state index >= 15 is 4.39 Å². The molecule has 0 aliphatic carbocycles. The lowest BCUT2D eigenvalue weighted by molar-refractivity contribution is 0.00841. The summed E-state index contributed by atoms with van der Waals surface area (Å²) in [6, 6.07) is 3.64. The van der Waals surface area contributed by atoms with Crippen LogP contribution in [-0.4, -0.2) is 105 Å². The predicted molar refractivity (Wildman–Crippen MR) is 212 cm³/mol. The number of piperidine rings is 1. The molecule has 5 aliphatic heterocycles. The summed E-state index contributed by atoms with van der Waals surface area (Å²) in [5.41, 5.74) is -0.190. The van der Waals surface area contributed by atoms with E-state index in [4.69, 9.17) is 28.9 Å². The number of ether oxygens (including phenoxy) is 4. The number of nitrogens with one attached hydrogen (secondary N) is 1. The van der Waals surface area contributed by atoms with Crippen LogP contribution in [0.2, 0.25) is 0 Å². The minimum absolute atomic E-state index is 0.00318. The number of amides is 2. The monoisotopic (exact) mass is 816 g/mol. The molecule has 306 valence electrons. The molecular formula is C41H46F2N8O6S. The summed E-state index contributed by atoms with van der Waals surface area (Å²) in [4.78, 5) is 46.3. The third-order valence-corrected chi connectivity index (χ3v) is 12.7. The fraction of sp³-hybridized carbons (Fsp3) is 0.561. The predicted octanol–water partition coefficient (Wildman–Crippen LogP) is 7.45. The van der Waals surface area contributed by atoms with Crippen LogP contribution < -0.4 is 15.0 Å². The van der Waals surface area contributed by atoms with Gasteiger partial charge in [0.1, 0.15) is 46.4 Å². The molecule has 1 N–H and O–H groups in total. The maximum absolute atomic E-state index is 17.8. The Bertz CT molecular complexity index is 2400. The largest absolute Gasteiger partial charge is 0.461 e. The van der Waals surface area contributed by atoms with Gasteiger partial charge in [0.25, 0.3) is 0 Å². The first-order valence-electron chi connectivity index (χ1n) is 19.8. The van der Waals surface area contributed by atoms with Crippen LogP contribution in [0.3, 0.4) is 0 Å². The number of rotatable bonds is 6. The zero-order chi connectivity index (χ0) is 40.9. The molecule has 17 heteroatoms. The normalized spacial score (nSPS) is 24.1. The number of hydrogen-bond acceptors (Lipinski definition) is 13. The summed E-state index contributed by atoms with van der Waals surface area (Å²) in [5, 5.41) is 14.3. The van der Waals surface area contributed by atoms with Crippen molar-refractivity contribution >= 4 is 55.3 Å². The second-order valence-corrected chi connectivity index (χ2v) is 19.0. The number of piperazine rings is 1. The lowest BCUT2D eigenvalue weighted by Crippen LogP contribution is -2.70. The summed E-state index contributed by atoms with van der Waals surface area (Å²) in [5.74, 6) is -0.202. The van der Waals surface area contributed by atoms with E-state index in [0.717, 1.165) is 25.8 Å². The van der Waals surface area contributed by atoms with Gasteiger partial charge in [0, 0.05) is 47.9 Å². The van der Waals surface area contributed by atoms with Gasteiger partial charge in [-0.2, -0.15) is 15.2 Å². The maximum Gasteiger partial charge on any atom is 0.412 e. The fourth-order valence-corrected chi connectivity index (χ4v) is 10.4. The van der Waals surface area contributed by atoms with E-state index in [1.807, 2.05) is 20.8 Å². The fourth-order valence-electron chi connectivity index (χ4n) is 9.39. The number of carbonyl (C=O) groups excluding carboxylic acids is 2. The molecule has 2 amide bonds. The molecule has 58 heavy (non-hydrogen) atoms. The Labute approximate surface area is 338 Å². The smallest absolute Gasteiger partial charge is 0.412 e. The van der Waals surface area contributed by atoms with Crippen LogP contribution in [-0.2, 0) is 27.4 Å². The van der Waals surface area contributed by atoms with Crippen molar-refractivity contribution in [2.75, 3.05) is 43.0 Å². The molecule has 2 bridgehead atoms. The molecule has 4 saturated heterocycles. The number of benzene rings is 1. The Morgan fingerprint density at radius 1 is 1.07 bits per heavy atom.